The maximum absolute atomic E-state index is 10.8. The SMILES string of the molecule is CC(N)Cc1ccc(OCc2ccc(C(=O)O)cc2)cc1. The number of hydrogen-bond acceptors (Lipinski definition) is 3. The highest BCUT2D eigenvalue weighted by Crippen LogP contribution is 2.15. The summed E-state index contributed by atoms with van der Waals surface area (Å²) in [5.41, 5.74) is 8.15. The van der Waals surface area contributed by atoms with Crippen LogP contribution in [0.5, 0.6) is 5.75 Å². The van der Waals surface area contributed by atoms with Gasteiger partial charge in [0.15, 0.2) is 0 Å². The zero-order chi connectivity index (χ0) is 15.2. The van der Waals surface area contributed by atoms with Crippen LogP contribution >= 0.6 is 0 Å². The minimum absolute atomic E-state index is 0.143. The van der Waals surface area contributed by atoms with Gasteiger partial charge in [-0.3, -0.25) is 0 Å². The minimum Gasteiger partial charge on any atom is -0.489 e. The molecule has 0 aromatic heterocycles. The fourth-order valence-electron chi connectivity index (χ4n) is 2.00. The van der Waals surface area contributed by atoms with E-state index in [1.54, 1.807) is 24.3 Å². The summed E-state index contributed by atoms with van der Waals surface area (Å²) in [4.78, 5) is 10.8. The smallest absolute Gasteiger partial charge is 0.335 e. The van der Waals surface area contributed by atoms with Crippen LogP contribution in [-0.4, -0.2) is 17.1 Å². The highest BCUT2D eigenvalue weighted by Gasteiger charge is 2.03. The van der Waals surface area contributed by atoms with Gasteiger partial charge in [0.2, 0.25) is 0 Å². The molecular weight excluding hydrogens is 266 g/mol. The van der Waals surface area contributed by atoms with Crippen LogP contribution in [0.4, 0.5) is 0 Å². The van der Waals surface area contributed by atoms with Crippen LogP contribution in [0.3, 0.4) is 0 Å². The Morgan fingerprint density at radius 3 is 2.19 bits per heavy atom. The van der Waals surface area contributed by atoms with E-state index in [9.17, 15) is 4.79 Å². The predicted octanol–water partition coefficient (Wildman–Crippen LogP) is 2.85. The van der Waals surface area contributed by atoms with Crippen LogP contribution in [0.15, 0.2) is 48.5 Å². The first kappa shape index (κ1) is 15.1. The van der Waals surface area contributed by atoms with Crippen molar-refractivity contribution in [1.29, 1.82) is 0 Å². The van der Waals surface area contributed by atoms with Gasteiger partial charge in [0.05, 0.1) is 5.56 Å². The zero-order valence-electron chi connectivity index (χ0n) is 12.0. The van der Waals surface area contributed by atoms with Gasteiger partial charge in [-0.25, -0.2) is 4.79 Å². The average Bonchev–Trinajstić information content (AvgIpc) is 2.46. The van der Waals surface area contributed by atoms with Crippen molar-refractivity contribution in [1.82, 2.24) is 0 Å². The summed E-state index contributed by atoms with van der Waals surface area (Å²) in [6, 6.07) is 14.7. The van der Waals surface area contributed by atoms with Gasteiger partial charge in [0.1, 0.15) is 12.4 Å². The molecule has 4 heteroatoms. The number of rotatable bonds is 6. The van der Waals surface area contributed by atoms with Crippen LogP contribution < -0.4 is 10.5 Å². The molecule has 0 spiro atoms. The van der Waals surface area contributed by atoms with Crippen LogP contribution in [0.25, 0.3) is 0 Å². The zero-order valence-corrected chi connectivity index (χ0v) is 12.0. The molecule has 110 valence electrons. The Morgan fingerprint density at radius 2 is 1.67 bits per heavy atom. The van der Waals surface area contributed by atoms with E-state index in [4.69, 9.17) is 15.6 Å². The Kier molecular flexibility index (Phi) is 4.95. The molecule has 0 bridgehead atoms. The quantitative estimate of drug-likeness (QED) is 0.856. The summed E-state index contributed by atoms with van der Waals surface area (Å²) in [7, 11) is 0. The van der Waals surface area contributed by atoms with Gasteiger partial charge in [0, 0.05) is 6.04 Å². The predicted molar refractivity (Wildman–Crippen MR) is 81.5 cm³/mol. The van der Waals surface area contributed by atoms with Crippen molar-refractivity contribution in [2.24, 2.45) is 5.73 Å². The first-order valence-electron chi connectivity index (χ1n) is 6.84. The van der Waals surface area contributed by atoms with E-state index < -0.39 is 5.97 Å². The van der Waals surface area contributed by atoms with Crippen molar-refractivity contribution in [3.63, 3.8) is 0 Å². The molecule has 1 atom stereocenters. The van der Waals surface area contributed by atoms with Gasteiger partial charge in [-0.15, -0.1) is 0 Å². The number of carboxylic acid groups (broad SMARTS) is 1. The van der Waals surface area contributed by atoms with Crippen LogP contribution in [0.1, 0.15) is 28.4 Å². The molecule has 2 aromatic rings. The molecule has 21 heavy (non-hydrogen) atoms. The molecule has 0 aliphatic heterocycles. The second-order valence-corrected chi connectivity index (χ2v) is 5.12. The fraction of sp³-hybridized carbons (Fsp3) is 0.235. The maximum atomic E-state index is 10.8. The van der Waals surface area contributed by atoms with Crippen molar-refractivity contribution < 1.29 is 14.6 Å². The van der Waals surface area contributed by atoms with E-state index in [1.807, 2.05) is 31.2 Å². The molecule has 0 amide bonds. The number of aromatic carboxylic acids is 1. The molecule has 2 aromatic carbocycles. The molecule has 0 aliphatic rings. The molecule has 0 saturated heterocycles. The molecule has 4 nitrogen and oxygen atoms in total. The van der Waals surface area contributed by atoms with E-state index in [-0.39, 0.29) is 11.6 Å². The van der Waals surface area contributed by atoms with E-state index in [0.29, 0.717) is 6.61 Å². The lowest BCUT2D eigenvalue weighted by Crippen LogP contribution is -2.17. The van der Waals surface area contributed by atoms with Crippen molar-refractivity contribution >= 4 is 5.97 Å². The number of carboxylic acids is 1. The van der Waals surface area contributed by atoms with Crippen LogP contribution in [0.2, 0.25) is 0 Å². The molecule has 0 heterocycles. The Morgan fingerprint density at radius 1 is 1.10 bits per heavy atom. The van der Waals surface area contributed by atoms with Crippen molar-refractivity contribution in [3.8, 4) is 5.75 Å². The maximum Gasteiger partial charge on any atom is 0.335 e. The third-order valence-corrected chi connectivity index (χ3v) is 3.09. The Hall–Kier alpha value is -2.33. The van der Waals surface area contributed by atoms with Crippen molar-refractivity contribution in [2.45, 2.75) is 26.0 Å². The lowest BCUT2D eigenvalue weighted by atomic mass is 10.1. The lowest BCUT2D eigenvalue weighted by Gasteiger charge is -2.09. The number of ether oxygens (including phenoxy) is 1. The molecule has 0 fully saturated rings. The second-order valence-electron chi connectivity index (χ2n) is 5.12. The third-order valence-electron chi connectivity index (χ3n) is 3.09. The number of benzene rings is 2. The molecule has 0 radical (unpaired) electrons. The van der Waals surface area contributed by atoms with E-state index in [2.05, 4.69) is 0 Å². The largest absolute Gasteiger partial charge is 0.489 e. The fourth-order valence-corrected chi connectivity index (χ4v) is 2.00. The Labute approximate surface area is 124 Å². The first-order chi connectivity index (χ1) is 10.0. The van der Waals surface area contributed by atoms with Gasteiger partial charge < -0.3 is 15.6 Å². The van der Waals surface area contributed by atoms with Gasteiger partial charge in [-0.1, -0.05) is 24.3 Å². The van der Waals surface area contributed by atoms with E-state index in [1.165, 1.54) is 5.56 Å². The van der Waals surface area contributed by atoms with Crippen molar-refractivity contribution in [2.75, 3.05) is 0 Å². The van der Waals surface area contributed by atoms with Crippen LogP contribution in [-0.2, 0) is 13.0 Å². The second kappa shape index (κ2) is 6.90. The Bertz CT molecular complexity index is 588. The average molecular weight is 285 g/mol. The molecule has 2 rings (SSSR count). The van der Waals surface area contributed by atoms with Gasteiger partial charge >= 0.3 is 5.97 Å². The Balaban J connectivity index is 1.91. The summed E-state index contributed by atoms with van der Waals surface area (Å²) in [6.07, 6.45) is 0.844. The summed E-state index contributed by atoms with van der Waals surface area (Å²) in [5, 5.41) is 8.83. The normalized spacial score (nSPS) is 11.9. The lowest BCUT2D eigenvalue weighted by molar-refractivity contribution is 0.0697. The van der Waals surface area contributed by atoms with E-state index >= 15 is 0 Å². The minimum atomic E-state index is -0.924. The van der Waals surface area contributed by atoms with Gasteiger partial charge in [0.25, 0.3) is 0 Å². The number of hydrogen-bond donors (Lipinski definition) is 2. The highest BCUT2D eigenvalue weighted by molar-refractivity contribution is 5.87. The summed E-state index contributed by atoms with van der Waals surface area (Å²) in [5.74, 6) is -0.141. The standard InChI is InChI=1S/C17H19NO3/c1-12(18)10-13-4-8-16(9-5-13)21-11-14-2-6-15(7-3-14)17(19)20/h2-9,12H,10-11,18H2,1H3,(H,19,20). The number of nitrogens with two attached hydrogens (primary N) is 1. The topological polar surface area (TPSA) is 72.5 Å². The molecule has 0 aliphatic carbocycles. The van der Waals surface area contributed by atoms with Gasteiger partial charge in [-0.2, -0.15) is 0 Å². The summed E-state index contributed by atoms with van der Waals surface area (Å²) >= 11 is 0. The highest BCUT2D eigenvalue weighted by atomic mass is 16.5. The van der Waals surface area contributed by atoms with Gasteiger partial charge in [-0.05, 0) is 48.7 Å². The molecular formula is C17H19NO3. The monoisotopic (exact) mass is 285 g/mol. The summed E-state index contributed by atoms with van der Waals surface area (Å²) < 4.78 is 5.67. The first-order valence-corrected chi connectivity index (χ1v) is 6.84. The molecule has 1 unspecified atom stereocenters. The number of carbonyl (C=O) groups is 1. The van der Waals surface area contributed by atoms with Crippen LogP contribution in [0, 0.1) is 0 Å². The summed E-state index contributed by atoms with van der Waals surface area (Å²) in [6.45, 7) is 2.39. The van der Waals surface area contributed by atoms with E-state index in [0.717, 1.165) is 17.7 Å². The molecule has 3 N–H and O–H groups in total. The molecule has 0 saturated carbocycles. The third kappa shape index (κ3) is 4.61. The van der Waals surface area contributed by atoms with Crippen molar-refractivity contribution in [3.05, 3.63) is 65.2 Å².